The van der Waals surface area contributed by atoms with E-state index in [-0.39, 0.29) is 22.5 Å². The summed E-state index contributed by atoms with van der Waals surface area (Å²) in [7, 11) is 4.76. The first kappa shape index (κ1) is 30.8. The molecule has 0 saturated carbocycles. The first-order valence-electron chi connectivity index (χ1n) is 13.6. The molecule has 3 aromatic rings. The van der Waals surface area contributed by atoms with Gasteiger partial charge in [0, 0.05) is 75.1 Å². The molecule has 12 heteroatoms. The van der Waals surface area contributed by atoms with Crippen LogP contribution in [-0.4, -0.2) is 84.2 Å². The van der Waals surface area contributed by atoms with Crippen LogP contribution in [0.25, 0.3) is 22.2 Å². The zero-order chi connectivity index (χ0) is 30.6. The van der Waals surface area contributed by atoms with E-state index < -0.39 is 0 Å². The van der Waals surface area contributed by atoms with Crippen LogP contribution in [0, 0.1) is 16.7 Å². The molecule has 1 amide bonds. The number of aromatic nitrogens is 3. The van der Waals surface area contributed by atoms with Crippen molar-refractivity contribution in [1.82, 2.24) is 24.3 Å². The smallest absolute Gasteiger partial charge is 0.264 e. The minimum Gasteiger partial charge on any atom is -0.497 e. The van der Waals surface area contributed by atoms with Crippen molar-refractivity contribution in [2.24, 2.45) is 5.41 Å². The Morgan fingerprint density at radius 2 is 1.83 bits per heavy atom. The van der Waals surface area contributed by atoms with Gasteiger partial charge in [-0.15, -0.1) is 0 Å². The van der Waals surface area contributed by atoms with Crippen molar-refractivity contribution >= 4 is 34.5 Å². The van der Waals surface area contributed by atoms with E-state index in [1.165, 1.54) is 14.2 Å². The largest absolute Gasteiger partial charge is 0.497 e. The number of halogens is 1. The van der Waals surface area contributed by atoms with Gasteiger partial charge < -0.3 is 19.7 Å². The molecule has 222 valence electrons. The van der Waals surface area contributed by atoms with Crippen LogP contribution in [0.1, 0.15) is 20.8 Å². The summed E-state index contributed by atoms with van der Waals surface area (Å²) in [5, 5.41) is 13.4. The molecule has 2 aromatic heterocycles. The summed E-state index contributed by atoms with van der Waals surface area (Å²) < 4.78 is 12.5. The van der Waals surface area contributed by atoms with Crippen molar-refractivity contribution in [3.05, 3.63) is 51.4 Å². The first-order valence-corrected chi connectivity index (χ1v) is 14.0. The van der Waals surface area contributed by atoms with Crippen LogP contribution in [0.3, 0.4) is 0 Å². The van der Waals surface area contributed by atoms with Crippen LogP contribution in [0.4, 0.5) is 5.95 Å². The minimum absolute atomic E-state index is 0.165. The SMILES string of the molecule is CNc1ncc2cc(-c3cc(OC)cc(OC)c3Cl)c(=O)n(CCN3CCN(C(=O)C(C#N)=CC(C)(C)C)CC3)c2n1. The van der Waals surface area contributed by atoms with Crippen LogP contribution < -0.4 is 20.3 Å². The summed E-state index contributed by atoms with van der Waals surface area (Å²) in [6.45, 7) is 8.98. The molecule has 11 nitrogen and oxygen atoms in total. The zero-order valence-corrected chi connectivity index (χ0v) is 25.6. The van der Waals surface area contributed by atoms with Gasteiger partial charge in [-0.25, -0.2) is 4.98 Å². The lowest BCUT2D eigenvalue weighted by Crippen LogP contribution is -2.50. The highest BCUT2D eigenvalue weighted by Gasteiger charge is 2.25. The Morgan fingerprint density at radius 3 is 2.43 bits per heavy atom. The Kier molecular flexibility index (Phi) is 9.39. The number of nitrogens with zero attached hydrogens (tertiary/aromatic N) is 6. The number of amides is 1. The van der Waals surface area contributed by atoms with Gasteiger partial charge in [-0.2, -0.15) is 10.2 Å². The predicted molar refractivity (Wildman–Crippen MR) is 163 cm³/mol. The fourth-order valence-electron chi connectivity index (χ4n) is 4.88. The quantitative estimate of drug-likeness (QED) is 0.306. The molecule has 1 N–H and O–H groups in total. The van der Waals surface area contributed by atoms with E-state index in [0.717, 1.165) is 0 Å². The highest BCUT2D eigenvalue weighted by Crippen LogP contribution is 2.38. The Morgan fingerprint density at radius 1 is 1.12 bits per heavy atom. The number of pyridine rings is 1. The van der Waals surface area contributed by atoms with E-state index in [2.05, 4.69) is 26.3 Å². The third-order valence-corrected chi connectivity index (χ3v) is 7.43. The van der Waals surface area contributed by atoms with Gasteiger partial charge in [0.15, 0.2) is 0 Å². The molecule has 3 heterocycles. The van der Waals surface area contributed by atoms with Crippen LogP contribution in [-0.2, 0) is 11.3 Å². The number of nitrogens with one attached hydrogen (secondary N) is 1. The first-order chi connectivity index (χ1) is 20.0. The lowest BCUT2D eigenvalue weighted by molar-refractivity contribution is -0.128. The van der Waals surface area contributed by atoms with Crippen molar-refractivity contribution in [3.63, 3.8) is 0 Å². The van der Waals surface area contributed by atoms with E-state index in [1.54, 1.807) is 47.0 Å². The highest BCUT2D eigenvalue weighted by molar-refractivity contribution is 6.35. The lowest BCUT2D eigenvalue weighted by atomic mass is 9.93. The molecule has 1 saturated heterocycles. The third kappa shape index (κ3) is 6.66. The van der Waals surface area contributed by atoms with Gasteiger partial charge >= 0.3 is 0 Å². The van der Waals surface area contributed by atoms with Gasteiger partial charge in [0.25, 0.3) is 11.5 Å². The molecule has 1 fully saturated rings. The van der Waals surface area contributed by atoms with Crippen molar-refractivity contribution in [1.29, 1.82) is 5.26 Å². The maximum absolute atomic E-state index is 14.0. The van der Waals surface area contributed by atoms with Crippen molar-refractivity contribution < 1.29 is 14.3 Å². The van der Waals surface area contributed by atoms with E-state index >= 15 is 0 Å². The number of carbonyl (C=O) groups is 1. The van der Waals surface area contributed by atoms with Gasteiger partial charge in [0.1, 0.15) is 28.8 Å². The fraction of sp³-hybridized carbons (Fsp3) is 0.433. The predicted octanol–water partition coefficient (Wildman–Crippen LogP) is 3.81. The number of ether oxygens (including phenoxy) is 2. The van der Waals surface area contributed by atoms with Gasteiger partial charge in [0.2, 0.25) is 5.95 Å². The normalized spacial score (nSPS) is 14.5. The van der Waals surface area contributed by atoms with Crippen molar-refractivity contribution in [2.75, 3.05) is 59.3 Å². The standard InChI is InChI=1S/C30H36ClN7O4/c1-30(2,3)16-20(17-32)27(39)37-10-7-36(8-11-37)9-12-38-26-19(18-34-29(33-4)35-26)13-23(28(38)40)22-14-21(41-5)15-24(42-6)25(22)31/h13-16,18H,7-12H2,1-6H3,(H,33,34,35). The van der Waals surface area contributed by atoms with Crippen LogP contribution in [0.2, 0.25) is 5.02 Å². The van der Waals surface area contributed by atoms with Gasteiger partial charge in [-0.05, 0) is 17.5 Å². The molecule has 1 aliphatic rings. The molecular formula is C30H36ClN7O4. The molecule has 0 radical (unpaired) electrons. The summed E-state index contributed by atoms with van der Waals surface area (Å²) in [6, 6.07) is 7.16. The van der Waals surface area contributed by atoms with Gasteiger partial charge in [-0.3, -0.25) is 19.1 Å². The number of anilines is 1. The molecule has 0 bridgehead atoms. The lowest BCUT2D eigenvalue weighted by Gasteiger charge is -2.35. The molecule has 1 aliphatic heterocycles. The number of rotatable bonds is 8. The maximum atomic E-state index is 14.0. The van der Waals surface area contributed by atoms with E-state index in [0.29, 0.717) is 83.9 Å². The Hall–Kier alpha value is -4.14. The fourth-order valence-corrected chi connectivity index (χ4v) is 5.16. The second kappa shape index (κ2) is 12.8. The average molecular weight is 594 g/mol. The number of allylic oxidation sites excluding steroid dienone is 1. The number of carbonyl (C=O) groups excluding carboxylic acids is 1. The molecule has 0 unspecified atom stereocenters. The van der Waals surface area contributed by atoms with Gasteiger partial charge in [-0.1, -0.05) is 38.4 Å². The van der Waals surface area contributed by atoms with Crippen LogP contribution >= 0.6 is 11.6 Å². The summed E-state index contributed by atoms with van der Waals surface area (Å²) in [5.74, 6) is 1.05. The summed E-state index contributed by atoms with van der Waals surface area (Å²) in [4.78, 5) is 39.8. The minimum atomic E-state index is -0.274. The average Bonchev–Trinajstić information content (AvgIpc) is 2.98. The second-order valence-electron chi connectivity index (χ2n) is 11.1. The topological polar surface area (TPSA) is 126 Å². The van der Waals surface area contributed by atoms with Crippen molar-refractivity contribution in [3.8, 4) is 28.7 Å². The Balaban J connectivity index is 1.62. The summed E-state index contributed by atoms with van der Waals surface area (Å²) >= 11 is 6.67. The number of piperazine rings is 1. The molecule has 0 aliphatic carbocycles. The van der Waals surface area contributed by atoms with Crippen LogP contribution in [0.15, 0.2) is 40.8 Å². The van der Waals surface area contributed by atoms with E-state index in [9.17, 15) is 14.9 Å². The zero-order valence-electron chi connectivity index (χ0n) is 24.8. The number of hydrogen-bond donors (Lipinski definition) is 1. The Bertz CT molecular complexity index is 1610. The summed E-state index contributed by atoms with van der Waals surface area (Å²) in [6.07, 6.45) is 3.39. The number of benzene rings is 1. The third-order valence-electron chi connectivity index (χ3n) is 7.04. The second-order valence-corrected chi connectivity index (χ2v) is 11.5. The molecule has 0 spiro atoms. The van der Waals surface area contributed by atoms with Crippen LogP contribution in [0.5, 0.6) is 11.5 Å². The van der Waals surface area contributed by atoms with E-state index in [4.69, 9.17) is 21.1 Å². The van der Waals surface area contributed by atoms with Crippen molar-refractivity contribution in [2.45, 2.75) is 27.3 Å². The number of hydrogen-bond acceptors (Lipinski definition) is 9. The maximum Gasteiger partial charge on any atom is 0.264 e. The monoisotopic (exact) mass is 593 g/mol. The van der Waals surface area contributed by atoms with Gasteiger partial charge in [0.05, 0.1) is 19.2 Å². The highest BCUT2D eigenvalue weighted by atomic mass is 35.5. The number of fused-ring (bicyclic) bond motifs is 1. The number of nitriles is 1. The molecular weight excluding hydrogens is 558 g/mol. The molecule has 42 heavy (non-hydrogen) atoms. The van der Waals surface area contributed by atoms with E-state index in [1.807, 2.05) is 20.8 Å². The summed E-state index contributed by atoms with van der Waals surface area (Å²) in [5.41, 5.74) is 0.975. The number of methoxy groups -OCH3 is 2. The Labute approximate surface area is 250 Å². The molecule has 0 atom stereocenters. The molecule has 1 aromatic carbocycles. The molecule has 4 rings (SSSR count).